The van der Waals surface area contributed by atoms with E-state index in [0.29, 0.717) is 6.61 Å². The van der Waals surface area contributed by atoms with Crippen LogP contribution in [0.5, 0.6) is 5.75 Å². The van der Waals surface area contributed by atoms with E-state index in [4.69, 9.17) is 9.47 Å². The van der Waals surface area contributed by atoms with Crippen molar-refractivity contribution in [3.8, 4) is 5.75 Å². The summed E-state index contributed by atoms with van der Waals surface area (Å²) in [4.78, 5) is 12.5. The maximum atomic E-state index is 12.5. The summed E-state index contributed by atoms with van der Waals surface area (Å²) >= 11 is 0. The van der Waals surface area contributed by atoms with Crippen LogP contribution >= 0.6 is 0 Å². The highest BCUT2D eigenvalue weighted by Gasteiger charge is 2.32. The fraction of sp³-hybridized carbons (Fsp3) is 0.611. The first-order valence-electron chi connectivity index (χ1n) is 8.07. The number of amides is 1. The highest BCUT2D eigenvalue weighted by atomic mass is 16.5. The molecule has 1 amide bonds. The summed E-state index contributed by atoms with van der Waals surface area (Å²) in [5.74, 6) is 0.743. The largest absolute Gasteiger partial charge is 0.494 e. The maximum Gasteiger partial charge on any atom is 0.256 e. The third-order valence-electron chi connectivity index (χ3n) is 3.92. The maximum absolute atomic E-state index is 12.5. The number of carbonyl (C=O) groups is 1. The van der Waals surface area contributed by atoms with Crippen LogP contribution in [0.4, 0.5) is 5.69 Å². The molecule has 0 heterocycles. The fourth-order valence-electron chi connectivity index (χ4n) is 2.33. The molecular weight excluding hydrogens is 278 g/mol. The molecule has 0 saturated heterocycles. The average molecular weight is 307 g/mol. The van der Waals surface area contributed by atoms with Gasteiger partial charge < -0.3 is 14.8 Å². The number of unbranched alkanes of at least 4 members (excludes halogenated alkanes) is 2. The van der Waals surface area contributed by atoms with Crippen molar-refractivity contribution in [1.29, 1.82) is 0 Å². The summed E-state index contributed by atoms with van der Waals surface area (Å²) in [5, 5.41) is 2.95. The molecule has 1 atom stereocenters. The summed E-state index contributed by atoms with van der Waals surface area (Å²) in [7, 11) is 1.59. The van der Waals surface area contributed by atoms with E-state index in [1.54, 1.807) is 7.11 Å². The molecule has 22 heavy (non-hydrogen) atoms. The molecular formula is C18H29NO3. The zero-order valence-electron chi connectivity index (χ0n) is 14.5. The molecule has 124 valence electrons. The second kappa shape index (κ2) is 8.79. The molecule has 1 N–H and O–H groups in total. The Morgan fingerprint density at radius 3 is 2.55 bits per heavy atom. The zero-order chi connectivity index (χ0) is 16.6. The van der Waals surface area contributed by atoms with Gasteiger partial charge in [0.05, 0.1) is 6.61 Å². The summed E-state index contributed by atoms with van der Waals surface area (Å²) in [6.45, 7) is 8.55. The quantitative estimate of drug-likeness (QED) is 0.691. The molecule has 1 aromatic rings. The smallest absolute Gasteiger partial charge is 0.256 e. The molecule has 1 rings (SSSR count). The monoisotopic (exact) mass is 307 g/mol. The summed E-state index contributed by atoms with van der Waals surface area (Å²) in [5.41, 5.74) is 0.983. The minimum atomic E-state index is -0.790. The van der Waals surface area contributed by atoms with Gasteiger partial charge in [0.25, 0.3) is 5.91 Å². The Morgan fingerprint density at radius 2 is 2.00 bits per heavy atom. The Kier molecular flexibility index (Phi) is 7.39. The van der Waals surface area contributed by atoms with Crippen molar-refractivity contribution in [2.24, 2.45) is 0 Å². The lowest BCUT2D eigenvalue weighted by atomic mass is 9.97. The molecule has 0 saturated carbocycles. The minimum Gasteiger partial charge on any atom is -0.494 e. The van der Waals surface area contributed by atoms with Gasteiger partial charge in [-0.2, -0.15) is 0 Å². The van der Waals surface area contributed by atoms with Gasteiger partial charge in [-0.15, -0.1) is 0 Å². The molecule has 0 fully saturated rings. The topological polar surface area (TPSA) is 47.6 Å². The van der Waals surface area contributed by atoms with Crippen molar-refractivity contribution in [3.63, 3.8) is 0 Å². The fourth-order valence-corrected chi connectivity index (χ4v) is 2.33. The molecule has 0 aliphatic carbocycles. The highest BCUT2D eigenvalue weighted by molar-refractivity contribution is 5.97. The van der Waals surface area contributed by atoms with Crippen molar-refractivity contribution in [1.82, 2.24) is 0 Å². The zero-order valence-corrected chi connectivity index (χ0v) is 14.5. The second-order valence-corrected chi connectivity index (χ2v) is 5.76. The standard InChI is InChI=1S/C18H29NO3/c1-6-8-9-12-18(4,21-5)17(20)19-15-10-11-16(22-7-2)14(3)13-15/h10-11,13H,6-9,12H2,1-5H3,(H,19,20)/t18-/m0/s1. The SMILES string of the molecule is CCCCC[C@](C)(OC)C(=O)Nc1ccc(OCC)c(C)c1. The first-order valence-corrected chi connectivity index (χ1v) is 8.07. The van der Waals surface area contributed by atoms with Gasteiger partial charge in [-0.3, -0.25) is 4.79 Å². The number of methoxy groups -OCH3 is 1. The summed E-state index contributed by atoms with van der Waals surface area (Å²) in [6.07, 6.45) is 3.93. The normalized spacial score (nSPS) is 13.5. The molecule has 4 nitrogen and oxygen atoms in total. The summed E-state index contributed by atoms with van der Waals surface area (Å²) < 4.78 is 11.0. The lowest BCUT2D eigenvalue weighted by Crippen LogP contribution is -2.41. The number of benzene rings is 1. The number of aryl methyl sites for hydroxylation is 1. The first-order chi connectivity index (χ1) is 10.5. The van der Waals surface area contributed by atoms with Gasteiger partial charge in [-0.05, 0) is 51.0 Å². The van der Waals surface area contributed by atoms with Crippen LogP contribution in [0.2, 0.25) is 0 Å². The molecule has 0 aliphatic rings. The Balaban J connectivity index is 2.75. The molecule has 0 aliphatic heterocycles. The third kappa shape index (κ3) is 5.02. The lowest BCUT2D eigenvalue weighted by molar-refractivity contribution is -0.136. The van der Waals surface area contributed by atoms with Crippen LogP contribution in [0.1, 0.15) is 52.0 Å². The second-order valence-electron chi connectivity index (χ2n) is 5.76. The van der Waals surface area contributed by atoms with Crippen LogP contribution in [0.15, 0.2) is 18.2 Å². The number of rotatable bonds is 9. The van der Waals surface area contributed by atoms with E-state index in [1.807, 2.05) is 39.0 Å². The van der Waals surface area contributed by atoms with Gasteiger partial charge >= 0.3 is 0 Å². The Hall–Kier alpha value is -1.55. The van der Waals surface area contributed by atoms with E-state index in [-0.39, 0.29) is 5.91 Å². The van der Waals surface area contributed by atoms with Crippen molar-refractivity contribution in [3.05, 3.63) is 23.8 Å². The lowest BCUT2D eigenvalue weighted by Gasteiger charge is -2.27. The number of anilines is 1. The van der Waals surface area contributed by atoms with Crippen molar-refractivity contribution < 1.29 is 14.3 Å². The summed E-state index contributed by atoms with van der Waals surface area (Å²) in [6, 6.07) is 5.67. The van der Waals surface area contributed by atoms with Gasteiger partial charge in [-0.1, -0.05) is 26.2 Å². The van der Waals surface area contributed by atoms with Crippen LogP contribution in [0, 0.1) is 6.92 Å². The van der Waals surface area contributed by atoms with E-state index in [9.17, 15) is 4.79 Å². The minimum absolute atomic E-state index is 0.102. The van der Waals surface area contributed by atoms with Crippen LogP contribution in [-0.4, -0.2) is 25.2 Å². The van der Waals surface area contributed by atoms with Gasteiger partial charge in [-0.25, -0.2) is 0 Å². The molecule has 0 spiro atoms. The van der Waals surface area contributed by atoms with Gasteiger partial charge in [0.1, 0.15) is 11.4 Å². The predicted molar refractivity (Wildman–Crippen MR) is 90.5 cm³/mol. The number of hydrogen-bond acceptors (Lipinski definition) is 3. The molecule has 0 radical (unpaired) electrons. The van der Waals surface area contributed by atoms with Crippen LogP contribution in [0.3, 0.4) is 0 Å². The Morgan fingerprint density at radius 1 is 1.27 bits per heavy atom. The van der Waals surface area contributed by atoms with Gasteiger partial charge in [0, 0.05) is 12.8 Å². The molecule has 1 aromatic carbocycles. The highest BCUT2D eigenvalue weighted by Crippen LogP contribution is 2.25. The average Bonchev–Trinajstić information content (AvgIpc) is 2.50. The number of ether oxygens (including phenoxy) is 2. The number of hydrogen-bond donors (Lipinski definition) is 1. The third-order valence-corrected chi connectivity index (χ3v) is 3.92. The van der Waals surface area contributed by atoms with Crippen LogP contribution < -0.4 is 10.1 Å². The Bertz CT molecular complexity index is 487. The van der Waals surface area contributed by atoms with E-state index in [0.717, 1.165) is 42.7 Å². The molecule has 0 bridgehead atoms. The first kappa shape index (κ1) is 18.5. The molecule has 4 heteroatoms. The van der Waals surface area contributed by atoms with E-state index in [1.165, 1.54) is 0 Å². The van der Waals surface area contributed by atoms with Crippen LogP contribution in [0.25, 0.3) is 0 Å². The predicted octanol–water partition coefficient (Wildman–Crippen LogP) is 4.32. The van der Waals surface area contributed by atoms with E-state index >= 15 is 0 Å². The van der Waals surface area contributed by atoms with Crippen LogP contribution in [-0.2, 0) is 9.53 Å². The van der Waals surface area contributed by atoms with Crippen molar-refractivity contribution >= 4 is 11.6 Å². The van der Waals surface area contributed by atoms with Gasteiger partial charge in [0.2, 0.25) is 0 Å². The molecule has 0 unspecified atom stereocenters. The van der Waals surface area contributed by atoms with Crippen molar-refractivity contribution in [2.45, 2.75) is 59.0 Å². The van der Waals surface area contributed by atoms with E-state index < -0.39 is 5.60 Å². The molecule has 0 aromatic heterocycles. The van der Waals surface area contributed by atoms with Gasteiger partial charge in [0.15, 0.2) is 0 Å². The van der Waals surface area contributed by atoms with Crippen molar-refractivity contribution in [2.75, 3.05) is 19.0 Å². The number of nitrogens with one attached hydrogen (secondary N) is 1. The van der Waals surface area contributed by atoms with E-state index in [2.05, 4.69) is 12.2 Å². The number of carbonyl (C=O) groups excluding carboxylic acids is 1. The Labute approximate surface area is 134 Å².